The minimum atomic E-state index is -0.0549. The minimum absolute atomic E-state index is 0.0549. The molecule has 2 aromatic rings. The number of aryl methyl sites for hydroxylation is 3. The summed E-state index contributed by atoms with van der Waals surface area (Å²) in [6.07, 6.45) is 0. The monoisotopic (exact) mass is 323 g/mol. The number of carbonyl (C=O) groups excluding carboxylic acids is 1. The number of hydrogen-bond acceptors (Lipinski definition) is 2. The van der Waals surface area contributed by atoms with Gasteiger partial charge in [0, 0.05) is 5.69 Å². The van der Waals surface area contributed by atoms with Gasteiger partial charge < -0.3 is 5.32 Å². The van der Waals surface area contributed by atoms with Crippen LogP contribution in [0.5, 0.6) is 0 Å². The number of thiophene rings is 1. The first-order chi connectivity index (χ1) is 8.47. The van der Waals surface area contributed by atoms with Crippen LogP contribution in [0.3, 0.4) is 0 Å². The Morgan fingerprint density at radius 3 is 2.28 bits per heavy atom. The molecule has 0 spiro atoms. The maximum absolute atomic E-state index is 12.1. The van der Waals surface area contributed by atoms with Crippen molar-refractivity contribution in [1.82, 2.24) is 0 Å². The molecule has 0 bridgehead atoms. The predicted octanol–water partition coefficient (Wildman–Crippen LogP) is 4.69. The predicted molar refractivity (Wildman–Crippen MR) is 80.6 cm³/mol. The zero-order valence-corrected chi connectivity index (χ0v) is 12.9. The van der Waals surface area contributed by atoms with Gasteiger partial charge in [0.2, 0.25) is 0 Å². The van der Waals surface area contributed by atoms with Crippen molar-refractivity contribution in [3.8, 4) is 0 Å². The molecule has 2 rings (SSSR count). The van der Waals surface area contributed by atoms with Crippen LogP contribution in [0.1, 0.15) is 26.4 Å². The number of carbonyl (C=O) groups is 1. The van der Waals surface area contributed by atoms with Gasteiger partial charge in [-0.15, -0.1) is 11.3 Å². The van der Waals surface area contributed by atoms with E-state index in [-0.39, 0.29) is 5.91 Å². The van der Waals surface area contributed by atoms with Gasteiger partial charge in [-0.2, -0.15) is 0 Å². The molecular weight excluding hydrogens is 310 g/mol. The second-order valence-corrected chi connectivity index (χ2v) is 6.79. The highest BCUT2D eigenvalue weighted by Crippen LogP contribution is 2.26. The van der Waals surface area contributed by atoms with E-state index in [1.54, 1.807) is 0 Å². The van der Waals surface area contributed by atoms with Crippen molar-refractivity contribution < 1.29 is 4.79 Å². The maximum atomic E-state index is 12.1. The Hall–Kier alpha value is -1.13. The average Bonchev–Trinajstić information content (AvgIpc) is 2.70. The quantitative estimate of drug-likeness (QED) is 0.853. The topological polar surface area (TPSA) is 29.1 Å². The summed E-state index contributed by atoms with van der Waals surface area (Å²) < 4.78 is 0.963. The lowest BCUT2D eigenvalue weighted by atomic mass is 10.1. The Morgan fingerprint density at radius 1 is 1.17 bits per heavy atom. The van der Waals surface area contributed by atoms with Crippen molar-refractivity contribution in [1.29, 1.82) is 0 Å². The molecule has 0 saturated carbocycles. The summed E-state index contributed by atoms with van der Waals surface area (Å²) in [6, 6.07) is 7.86. The van der Waals surface area contributed by atoms with Crippen molar-refractivity contribution in [2.24, 2.45) is 0 Å². The number of hydrogen-bond donors (Lipinski definition) is 1. The number of rotatable bonds is 2. The first kappa shape index (κ1) is 13.3. The van der Waals surface area contributed by atoms with Crippen LogP contribution in [0, 0.1) is 20.8 Å². The molecule has 0 aliphatic rings. The SMILES string of the molecule is Cc1cc(C)c(NC(=O)c2ccc(Br)s2)c(C)c1. The van der Waals surface area contributed by atoms with Crippen molar-refractivity contribution in [3.05, 3.63) is 49.6 Å². The zero-order chi connectivity index (χ0) is 13.3. The van der Waals surface area contributed by atoms with Crippen LogP contribution in [0.4, 0.5) is 5.69 Å². The van der Waals surface area contributed by atoms with Crippen molar-refractivity contribution in [2.75, 3.05) is 5.32 Å². The first-order valence-electron chi connectivity index (χ1n) is 5.62. The lowest BCUT2D eigenvalue weighted by Crippen LogP contribution is -2.12. The van der Waals surface area contributed by atoms with E-state index in [0.717, 1.165) is 20.6 Å². The van der Waals surface area contributed by atoms with Gasteiger partial charge in [0.05, 0.1) is 8.66 Å². The van der Waals surface area contributed by atoms with Crippen molar-refractivity contribution >= 4 is 38.9 Å². The van der Waals surface area contributed by atoms with Crippen LogP contribution in [-0.4, -0.2) is 5.91 Å². The van der Waals surface area contributed by atoms with Gasteiger partial charge in [0.25, 0.3) is 5.91 Å². The highest BCUT2D eigenvalue weighted by molar-refractivity contribution is 9.11. The maximum Gasteiger partial charge on any atom is 0.265 e. The standard InChI is InChI=1S/C14H14BrNOS/c1-8-6-9(2)13(10(3)7-8)16-14(17)11-4-5-12(15)18-11/h4-7H,1-3H3,(H,16,17). The van der Waals surface area contributed by atoms with Gasteiger partial charge in [-0.25, -0.2) is 0 Å². The molecule has 0 unspecified atom stereocenters. The fourth-order valence-corrected chi connectivity index (χ4v) is 3.27. The van der Waals surface area contributed by atoms with E-state index in [2.05, 4.69) is 40.3 Å². The van der Waals surface area contributed by atoms with Crippen LogP contribution in [-0.2, 0) is 0 Å². The van der Waals surface area contributed by atoms with Gasteiger partial charge in [0.15, 0.2) is 0 Å². The van der Waals surface area contributed by atoms with E-state index in [1.165, 1.54) is 16.9 Å². The highest BCUT2D eigenvalue weighted by Gasteiger charge is 2.11. The highest BCUT2D eigenvalue weighted by atomic mass is 79.9. The summed E-state index contributed by atoms with van der Waals surface area (Å²) in [5, 5.41) is 2.99. The van der Waals surface area contributed by atoms with Gasteiger partial charge in [-0.05, 0) is 60.0 Å². The summed E-state index contributed by atoms with van der Waals surface area (Å²) in [5.74, 6) is -0.0549. The Balaban J connectivity index is 2.27. The third kappa shape index (κ3) is 2.82. The number of anilines is 1. The molecule has 2 nitrogen and oxygen atoms in total. The normalized spacial score (nSPS) is 10.4. The summed E-state index contributed by atoms with van der Waals surface area (Å²) in [5.41, 5.74) is 4.31. The largest absolute Gasteiger partial charge is 0.321 e. The van der Waals surface area contributed by atoms with Gasteiger partial charge in [0.1, 0.15) is 0 Å². The number of benzene rings is 1. The molecule has 1 N–H and O–H groups in total. The van der Waals surface area contributed by atoms with E-state index >= 15 is 0 Å². The zero-order valence-electron chi connectivity index (χ0n) is 10.5. The van der Waals surface area contributed by atoms with Crippen LogP contribution in [0.2, 0.25) is 0 Å². The smallest absolute Gasteiger partial charge is 0.265 e. The molecule has 1 heterocycles. The molecule has 18 heavy (non-hydrogen) atoms. The van der Waals surface area contributed by atoms with Crippen LogP contribution in [0.15, 0.2) is 28.1 Å². The summed E-state index contributed by atoms with van der Waals surface area (Å²) in [4.78, 5) is 12.8. The molecular formula is C14H14BrNOS. The van der Waals surface area contributed by atoms with E-state index in [4.69, 9.17) is 0 Å². The molecule has 4 heteroatoms. The molecule has 1 aromatic heterocycles. The second kappa shape index (κ2) is 5.24. The number of nitrogens with one attached hydrogen (secondary N) is 1. The Labute approximate surface area is 119 Å². The van der Waals surface area contributed by atoms with E-state index in [0.29, 0.717) is 4.88 Å². The minimum Gasteiger partial charge on any atom is -0.321 e. The number of halogens is 1. The van der Waals surface area contributed by atoms with Gasteiger partial charge in [-0.3, -0.25) is 4.79 Å². The third-order valence-corrected chi connectivity index (χ3v) is 4.33. The molecule has 0 aliphatic carbocycles. The fourth-order valence-electron chi connectivity index (χ4n) is 1.99. The fraction of sp³-hybridized carbons (Fsp3) is 0.214. The number of amides is 1. The lowest BCUT2D eigenvalue weighted by Gasteiger charge is -2.12. The molecule has 0 aliphatic heterocycles. The van der Waals surface area contributed by atoms with E-state index in [9.17, 15) is 4.79 Å². The molecule has 0 radical (unpaired) electrons. The van der Waals surface area contributed by atoms with Gasteiger partial charge >= 0.3 is 0 Å². The Bertz CT molecular complexity index is 581. The van der Waals surface area contributed by atoms with Crippen LogP contribution >= 0.6 is 27.3 Å². The summed E-state index contributed by atoms with van der Waals surface area (Å²) in [7, 11) is 0. The molecule has 0 atom stereocenters. The summed E-state index contributed by atoms with van der Waals surface area (Å²) >= 11 is 4.80. The second-order valence-electron chi connectivity index (χ2n) is 4.33. The van der Waals surface area contributed by atoms with E-state index in [1.807, 2.05) is 26.0 Å². The molecule has 0 saturated heterocycles. The Kier molecular flexibility index (Phi) is 3.88. The van der Waals surface area contributed by atoms with Crippen molar-refractivity contribution in [2.45, 2.75) is 20.8 Å². The average molecular weight is 324 g/mol. The molecule has 94 valence electrons. The van der Waals surface area contributed by atoms with Gasteiger partial charge in [-0.1, -0.05) is 17.7 Å². The molecule has 1 amide bonds. The van der Waals surface area contributed by atoms with E-state index < -0.39 is 0 Å². The van der Waals surface area contributed by atoms with Crippen molar-refractivity contribution in [3.63, 3.8) is 0 Å². The van der Waals surface area contributed by atoms with Crippen LogP contribution < -0.4 is 5.32 Å². The molecule has 1 aromatic carbocycles. The first-order valence-corrected chi connectivity index (χ1v) is 7.23. The Morgan fingerprint density at radius 2 is 1.78 bits per heavy atom. The summed E-state index contributed by atoms with van der Waals surface area (Å²) in [6.45, 7) is 6.09. The third-order valence-electron chi connectivity index (χ3n) is 2.71. The lowest BCUT2D eigenvalue weighted by molar-refractivity contribution is 0.103. The van der Waals surface area contributed by atoms with Crippen LogP contribution in [0.25, 0.3) is 0 Å². The molecule has 0 fully saturated rings.